The number of rotatable bonds is 5. The van der Waals surface area contributed by atoms with E-state index in [2.05, 4.69) is 14.8 Å². The SMILES string of the molecule is COc1cc(F)c(C(O)C(O)CN=[N+]=[N-])c(F)c1. The van der Waals surface area contributed by atoms with Crippen molar-refractivity contribution < 1.29 is 23.7 Å². The Balaban J connectivity index is 3.05. The largest absolute Gasteiger partial charge is 0.497 e. The van der Waals surface area contributed by atoms with E-state index in [4.69, 9.17) is 5.53 Å². The summed E-state index contributed by atoms with van der Waals surface area (Å²) in [6.07, 6.45) is -3.43. The van der Waals surface area contributed by atoms with Crippen molar-refractivity contribution in [3.63, 3.8) is 0 Å². The Labute approximate surface area is 101 Å². The first-order valence-electron chi connectivity index (χ1n) is 4.91. The highest BCUT2D eigenvalue weighted by Gasteiger charge is 2.25. The van der Waals surface area contributed by atoms with Crippen LogP contribution in [0.5, 0.6) is 5.75 Å². The number of hydrogen-bond donors (Lipinski definition) is 2. The molecule has 0 aliphatic rings. The van der Waals surface area contributed by atoms with Gasteiger partial charge < -0.3 is 14.9 Å². The predicted molar refractivity (Wildman–Crippen MR) is 57.9 cm³/mol. The molecule has 1 rings (SSSR count). The summed E-state index contributed by atoms with van der Waals surface area (Å²) in [5, 5.41) is 22.0. The Morgan fingerprint density at radius 3 is 2.39 bits per heavy atom. The van der Waals surface area contributed by atoms with Crippen molar-refractivity contribution in [1.29, 1.82) is 0 Å². The molecule has 0 heterocycles. The van der Waals surface area contributed by atoms with Gasteiger partial charge in [0.25, 0.3) is 0 Å². The lowest BCUT2D eigenvalue weighted by Gasteiger charge is -2.18. The van der Waals surface area contributed by atoms with E-state index in [1.807, 2.05) is 0 Å². The van der Waals surface area contributed by atoms with E-state index >= 15 is 0 Å². The van der Waals surface area contributed by atoms with Gasteiger partial charge in [-0.2, -0.15) is 0 Å². The van der Waals surface area contributed by atoms with Crippen LogP contribution in [0, 0.1) is 11.6 Å². The molecule has 1 aromatic rings. The van der Waals surface area contributed by atoms with Crippen LogP contribution in [0.4, 0.5) is 8.78 Å². The number of aliphatic hydroxyl groups is 2. The molecule has 2 unspecified atom stereocenters. The number of nitrogens with zero attached hydrogens (tertiary/aromatic N) is 3. The molecule has 0 amide bonds. The van der Waals surface area contributed by atoms with Crippen LogP contribution in [0.3, 0.4) is 0 Å². The molecule has 0 fully saturated rings. The van der Waals surface area contributed by atoms with E-state index in [0.717, 1.165) is 12.1 Å². The molecule has 0 aromatic heterocycles. The fraction of sp³-hybridized carbons (Fsp3) is 0.400. The molecule has 0 spiro atoms. The van der Waals surface area contributed by atoms with Gasteiger partial charge in [-0.25, -0.2) is 8.78 Å². The van der Waals surface area contributed by atoms with Crippen LogP contribution < -0.4 is 4.74 Å². The maximum atomic E-state index is 13.5. The third kappa shape index (κ3) is 3.07. The highest BCUT2D eigenvalue weighted by Crippen LogP contribution is 2.27. The third-order valence-corrected chi connectivity index (χ3v) is 2.28. The Hall–Kier alpha value is -1.89. The summed E-state index contributed by atoms with van der Waals surface area (Å²) in [6.45, 7) is -0.497. The molecule has 0 aliphatic carbocycles. The minimum atomic E-state index is -1.83. The lowest BCUT2D eigenvalue weighted by atomic mass is 10.0. The normalized spacial score (nSPS) is 13.6. The number of ether oxygens (including phenoxy) is 1. The standard InChI is InChI=1S/C10H11F2N3O3/c1-18-5-2-6(11)9(7(12)3-5)10(17)8(16)4-14-15-13/h2-3,8,10,16-17H,4H2,1H3. The molecule has 6 nitrogen and oxygen atoms in total. The Bertz CT molecular complexity index is 454. The first-order valence-corrected chi connectivity index (χ1v) is 4.91. The van der Waals surface area contributed by atoms with Crippen LogP contribution in [0.2, 0.25) is 0 Å². The maximum Gasteiger partial charge on any atom is 0.135 e. The topological polar surface area (TPSA) is 98.5 Å². The molecular weight excluding hydrogens is 248 g/mol. The van der Waals surface area contributed by atoms with E-state index in [1.165, 1.54) is 7.11 Å². The number of aliphatic hydroxyl groups excluding tert-OH is 2. The van der Waals surface area contributed by atoms with E-state index in [0.29, 0.717) is 0 Å². The molecule has 0 saturated heterocycles. The van der Waals surface area contributed by atoms with E-state index in [1.54, 1.807) is 0 Å². The van der Waals surface area contributed by atoms with Gasteiger partial charge in [-0.3, -0.25) is 0 Å². The molecule has 0 bridgehead atoms. The number of halogens is 2. The van der Waals surface area contributed by atoms with Crippen molar-refractivity contribution in [2.45, 2.75) is 12.2 Å². The van der Waals surface area contributed by atoms with Crippen molar-refractivity contribution in [2.24, 2.45) is 5.11 Å². The second-order valence-electron chi connectivity index (χ2n) is 3.43. The molecule has 0 saturated carbocycles. The molecule has 98 valence electrons. The second kappa shape index (κ2) is 6.15. The molecule has 1 aromatic carbocycles. The summed E-state index contributed by atoms with van der Waals surface area (Å²) in [5.74, 6) is -2.16. The van der Waals surface area contributed by atoms with Gasteiger partial charge in [0.15, 0.2) is 0 Å². The van der Waals surface area contributed by atoms with E-state index in [9.17, 15) is 19.0 Å². The molecule has 0 aliphatic heterocycles. The van der Waals surface area contributed by atoms with Gasteiger partial charge >= 0.3 is 0 Å². The summed E-state index contributed by atoms with van der Waals surface area (Å²) >= 11 is 0. The summed E-state index contributed by atoms with van der Waals surface area (Å²) < 4.78 is 31.7. The zero-order chi connectivity index (χ0) is 13.7. The molecular formula is C10H11F2N3O3. The zero-order valence-corrected chi connectivity index (χ0v) is 9.42. The molecule has 0 radical (unpaired) electrons. The van der Waals surface area contributed by atoms with Crippen LogP contribution in [0.15, 0.2) is 17.2 Å². The Morgan fingerprint density at radius 1 is 1.39 bits per heavy atom. The van der Waals surface area contributed by atoms with Gasteiger partial charge in [0, 0.05) is 17.0 Å². The average Bonchev–Trinajstić information content (AvgIpc) is 2.34. The first-order chi connectivity index (χ1) is 8.51. The van der Waals surface area contributed by atoms with Gasteiger partial charge in [-0.15, -0.1) is 0 Å². The Kier molecular flexibility index (Phi) is 4.85. The molecule has 8 heteroatoms. The van der Waals surface area contributed by atoms with Crippen molar-refractivity contribution >= 4 is 0 Å². The highest BCUT2D eigenvalue weighted by molar-refractivity contribution is 5.32. The number of hydrogen-bond acceptors (Lipinski definition) is 4. The lowest BCUT2D eigenvalue weighted by molar-refractivity contribution is 0.0199. The third-order valence-electron chi connectivity index (χ3n) is 2.28. The van der Waals surface area contributed by atoms with Crippen molar-refractivity contribution in [2.75, 3.05) is 13.7 Å². The van der Waals surface area contributed by atoms with Crippen LogP contribution in [0.1, 0.15) is 11.7 Å². The number of methoxy groups -OCH3 is 1. The Morgan fingerprint density at radius 2 is 1.94 bits per heavy atom. The van der Waals surface area contributed by atoms with Crippen LogP contribution in [-0.4, -0.2) is 30.0 Å². The highest BCUT2D eigenvalue weighted by atomic mass is 19.1. The van der Waals surface area contributed by atoms with Crippen LogP contribution in [0.25, 0.3) is 10.4 Å². The summed E-state index contributed by atoms with van der Waals surface area (Å²) in [4.78, 5) is 2.37. The molecule has 18 heavy (non-hydrogen) atoms. The summed E-state index contributed by atoms with van der Waals surface area (Å²) in [5.41, 5.74) is 7.35. The minimum Gasteiger partial charge on any atom is -0.497 e. The minimum absolute atomic E-state index is 0.0505. The smallest absolute Gasteiger partial charge is 0.135 e. The van der Waals surface area contributed by atoms with E-state index < -0.39 is 36.0 Å². The number of azide groups is 1. The second-order valence-corrected chi connectivity index (χ2v) is 3.43. The van der Waals surface area contributed by atoms with Crippen molar-refractivity contribution in [3.8, 4) is 5.75 Å². The summed E-state index contributed by atoms with van der Waals surface area (Å²) in [7, 11) is 1.24. The fourth-order valence-corrected chi connectivity index (χ4v) is 1.37. The fourth-order valence-electron chi connectivity index (χ4n) is 1.37. The van der Waals surface area contributed by atoms with Crippen molar-refractivity contribution in [1.82, 2.24) is 0 Å². The lowest BCUT2D eigenvalue weighted by Crippen LogP contribution is -2.23. The number of benzene rings is 1. The van der Waals surface area contributed by atoms with Crippen LogP contribution >= 0.6 is 0 Å². The quantitative estimate of drug-likeness (QED) is 0.478. The summed E-state index contributed by atoms with van der Waals surface area (Å²) in [6, 6.07) is 1.75. The van der Waals surface area contributed by atoms with Crippen LogP contribution in [-0.2, 0) is 0 Å². The zero-order valence-electron chi connectivity index (χ0n) is 9.42. The first kappa shape index (κ1) is 14.2. The van der Waals surface area contributed by atoms with Gasteiger partial charge in [-0.05, 0) is 5.53 Å². The maximum absolute atomic E-state index is 13.5. The van der Waals surface area contributed by atoms with Gasteiger partial charge in [0.05, 0.1) is 25.3 Å². The van der Waals surface area contributed by atoms with Gasteiger partial charge in [-0.1, -0.05) is 5.11 Å². The predicted octanol–water partition coefficient (Wildman–Crippen LogP) is 1.68. The van der Waals surface area contributed by atoms with Gasteiger partial charge in [0.1, 0.15) is 23.5 Å². The molecule has 2 atom stereocenters. The van der Waals surface area contributed by atoms with Crippen molar-refractivity contribution in [3.05, 3.63) is 39.8 Å². The monoisotopic (exact) mass is 259 g/mol. The molecule has 2 N–H and O–H groups in total. The van der Waals surface area contributed by atoms with E-state index in [-0.39, 0.29) is 5.75 Å². The average molecular weight is 259 g/mol. The van der Waals surface area contributed by atoms with Gasteiger partial charge in [0.2, 0.25) is 0 Å².